The number of nitrogens with zero attached hydrogens (tertiary/aromatic N) is 6. The first kappa shape index (κ1) is 35.9. The Morgan fingerprint density at radius 3 is 2.40 bits per heavy atom. The second-order valence-corrected chi connectivity index (χ2v) is 11.9. The van der Waals surface area contributed by atoms with E-state index in [1.807, 2.05) is 36.1 Å². The van der Waals surface area contributed by atoms with Gasteiger partial charge in [-0.2, -0.15) is 23.3 Å². The SMILES string of the molecule is CCC(=O)N1CCN(CCc2cccc(Nc3nccc(Oc4ccc(NC(=O)c5cnn(-c6ccc(F)cc6)c5C(F)(F)F)cc4F)n3)c2)CC1. The lowest BCUT2D eigenvalue weighted by Crippen LogP contribution is -2.48. The van der Waals surface area contributed by atoms with Gasteiger partial charge < -0.3 is 20.3 Å². The van der Waals surface area contributed by atoms with E-state index in [2.05, 4.69) is 30.6 Å². The summed E-state index contributed by atoms with van der Waals surface area (Å²) in [6.45, 7) is 5.85. The van der Waals surface area contributed by atoms with Gasteiger partial charge in [0.2, 0.25) is 17.7 Å². The van der Waals surface area contributed by atoms with E-state index in [9.17, 15) is 27.2 Å². The Labute approximate surface area is 295 Å². The molecule has 6 rings (SSSR count). The van der Waals surface area contributed by atoms with Gasteiger partial charge in [-0.15, -0.1) is 0 Å². The summed E-state index contributed by atoms with van der Waals surface area (Å²) >= 11 is 0. The molecule has 3 heterocycles. The number of ether oxygens (including phenoxy) is 1. The molecule has 2 aromatic heterocycles. The Balaban J connectivity index is 1.07. The molecule has 11 nitrogen and oxygen atoms in total. The Morgan fingerprint density at radius 2 is 1.69 bits per heavy atom. The first-order chi connectivity index (χ1) is 25.0. The molecule has 0 radical (unpaired) electrons. The second kappa shape index (κ2) is 15.6. The Kier molecular flexibility index (Phi) is 10.7. The van der Waals surface area contributed by atoms with Crippen LogP contribution in [0.1, 0.15) is 35.0 Å². The molecule has 5 aromatic rings. The summed E-state index contributed by atoms with van der Waals surface area (Å²) < 4.78 is 76.6. The van der Waals surface area contributed by atoms with Gasteiger partial charge >= 0.3 is 6.18 Å². The number of benzene rings is 3. The Morgan fingerprint density at radius 1 is 0.923 bits per heavy atom. The van der Waals surface area contributed by atoms with Crippen molar-refractivity contribution in [2.24, 2.45) is 0 Å². The predicted molar refractivity (Wildman–Crippen MR) is 182 cm³/mol. The number of aromatic nitrogens is 4. The maximum Gasteiger partial charge on any atom is 0.434 e. The number of hydrogen-bond acceptors (Lipinski definition) is 8. The van der Waals surface area contributed by atoms with E-state index in [0.717, 1.165) is 86.9 Å². The van der Waals surface area contributed by atoms with Crippen molar-refractivity contribution in [1.82, 2.24) is 29.5 Å². The molecular formula is C36H33F5N8O3. The number of carbonyl (C=O) groups excluding carboxylic acids is 2. The average Bonchev–Trinajstić information content (AvgIpc) is 3.59. The normalized spacial score (nSPS) is 13.5. The number of carbonyl (C=O) groups is 2. The van der Waals surface area contributed by atoms with E-state index in [4.69, 9.17) is 4.74 Å². The average molecular weight is 721 g/mol. The molecule has 0 unspecified atom stereocenters. The van der Waals surface area contributed by atoms with Crippen LogP contribution < -0.4 is 15.4 Å². The molecule has 0 bridgehead atoms. The van der Waals surface area contributed by atoms with E-state index in [-0.39, 0.29) is 34.9 Å². The largest absolute Gasteiger partial charge is 0.436 e. The van der Waals surface area contributed by atoms with E-state index < -0.39 is 35.0 Å². The van der Waals surface area contributed by atoms with Crippen LogP contribution in [0.15, 0.2) is 85.2 Å². The van der Waals surface area contributed by atoms with E-state index >= 15 is 4.39 Å². The van der Waals surface area contributed by atoms with Crippen molar-refractivity contribution in [3.8, 4) is 17.3 Å². The smallest absolute Gasteiger partial charge is 0.434 e. The highest BCUT2D eigenvalue weighted by molar-refractivity contribution is 6.05. The quantitative estimate of drug-likeness (QED) is 0.143. The maximum absolute atomic E-state index is 15.1. The molecule has 2 amide bonds. The van der Waals surface area contributed by atoms with Crippen molar-refractivity contribution < 1.29 is 36.3 Å². The van der Waals surface area contributed by atoms with Crippen molar-refractivity contribution >= 4 is 29.1 Å². The van der Waals surface area contributed by atoms with Crippen molar-refractivity contribution in [1.29, 1.82) is 0 Å². The van der Waals surface area contributed by atoms with Gasteiger partial charge in [-0.1, -0.05) is 19.1 Å². The van der Waals surface area contributed by atoms with E-state index in [1.54, 1.807) is 0 Å². The maximum atomic E-state index is 15.1. The number of rotatable bonds is 11. The number of anilines is 3. The highest BCUT2D eigenvalue weighted by Gasteiger charge is 2.40. The van der Waals surface area contributed by atoms with Crippen LogP contribution in [0.5, 0.6) is 11.6 Å². The number of alkyl halides is 3. The third kappa shape index (κ3) is 8.69. The molecule has 0 spiro atoms. The summed E-state index contributed by atoms with van der Waals surface area (Å²) in [6, 6.07) is 16.6. The van der Waals surface area contributed by atoms with Crippen LogP contribution in [0.4, 0.5) is 39.3 Å². The molecule has 0 aliphatic carbocycles. The first-order valence-electron chi connectivity index (χ1n) is 16.4. The molecule has 1 saturated heterocycles. The van der Waals surface area contributed by atoms with E-state index in [0.29, 0.717) is 11.1 Å². The van der Waals surface area contributed by atoms with Gasteiger partial charge in [0.05, 0.1) is 17.4 Å². The summed E-state index contributed by atoms with van der Waals surface area (Å²) in [5, 5.41) is 9.06. The minimum Gasteiger partial charge on any atom is -0.436 e. The standard InChI is InChI=1S/C36H33F5N8O3/c1-2-32(50)48-18-16-47(17-19-48)15-13-23-4-3-5-25(20-23)45-35-42-14-12-31(46-35)52-30-11-8-26(21-29(30)38)44-34(51)28-22-43-49(33(28)36(39,40)41)27-9-6-24(37)7-10-27/h3-12,14,20-22H,2,13,15-19H2,1H3,(H,44,51)(H,42,45,46). The fourth-order valence-corrected chi connectivity index (χ4v) is 5.66. The Hall–Kier alpha value is -5.90. The van der Waals surface area contributed by atoms with Crippen LogP contribution in [-0.2, 0) is 17.4 Å². The van der Waals surface area contributed by atoms with Gasteiger partial charge in [0.1, 0.15) is 5.82 Å². The highest BCUT2D eigenvalue weighted by atomic mass is 19.4. The molecule has 1 aliphatic heterocycles. The van der Waals surface area contributed by atoms with Crippen LogP contribution in [0.3, 0.4) is 0 Å². The summed E-state index contributed by atoms with van der Waals surface area (Å²) in [5.41, 5.74) is -0.625. The summed E-state index contributed by atoms with van der Waals surface area (Å²) in [4.78, 5) is 37.6. The molecule has 2 N–H and O–H groups in total. The zero-order valence-electron chi connectivity index (χ0n) is 27.8. The van der Waals surface area contributed by atoms with Gasteiger partial charge in [-0.3, -0.25) is 14.5 Å². The lowest BCUT2D eigenvalue weighted by atomic mass is 10.1. The minimum atomic E-state index is -5.00. The molecule has 1 fully saturated rings. The molecule has 0 saturated carbocycles. The van der Waals surface area contributed by atoms with Crippen molar-refractivity contribution in [2.75, 3.05) is 43.4 Å². The summed E-state index contributed by atoms with van der Waals surface area (Å²) in [5.74, 6) is -2.65. The molecular weight excluding hydrogens is 687 g/mol. The van der Waals surface area contributed by atoms with Crippen molar-refractivity contribution in [2.45, 2.75) is 25.9 Å². The molecule has 270 valence electrons. The third-order valence-electron chi connectivity index (χ3n) is 8.32. The lowest BCUT2D eigenvalue weighted by Gasteiger charge is -2.34. The molecule has 52 heavy (non-hydrogen) atoms. The zero-order chi connectivity index (χ0) is 36.8. The zero-order valence-corrected chi connectivity index (χ0v) is 27.8. The lowest BCUT2D eigenvalue weighted by molar-refractivity contribution is -0.143. The van der Waals surface area contributed by atoms with Crippen LogP contribution in [0.25, 0.3) is 5.69 Å². The van der Waals surface area contributed by atoms with Crippen LogP contribution in [0, 0.1) is 11.6 Å². The first-order valence-corrected chi connectivity index (χ1v) is 16.4. The highest BCUT2D eigenvalue weighted by Crippen LogP contribution is 2.34. The fraction of sp³-hybridized carbons (Fsp3) is 0.250. The van der Waals surface area contributed by atoms with Gasteiger partial charge in [0, 0.05) is 68.8 Å². The number of nitrogens with one attached hydrogen (secondary N) is 2. The van der Waals surface area contributed by atoms with Gasteiger partial charge in [-0.05, 0) is 60.5 Å². The second-order valence-electron chi connectivity index (χ2n) is 11.9. The summed E-state index contributed by atoms with van der Waals surface area (Å²) in [6.07, 6.45) is -1.52. The van der Waals surface area contributed by atoms with Crippen LogP contribution >= 0.6 is 0 Å². The van der Waals surface area contributed by atoms with Gasteiger partial charge in [-0.25, -0.2) is 18.4 Å². The molecule has 1 aliphatic rings. The predicted octanol–water partition coefficient (Wildman–Crippen LogP) is 6.84. The number of hydrogen-bond donors (Lipinski definition) is 2. The van der Waals surface area contributed by atoms with Crippen LogP contribution in [0.2, 0.25) is 0 Å². The van der Waals surface area contributed by atoms with Gasteiger partial charge in [0.25, 0.3) is 5.91 Å². The number of halogens is 5. The van der Waals surface area contributed by atoms with Crippen molar-refractivity contribution in [3.05, 3.63) is 114 Å². The molecule has 16 heteroatoms. The van der Waals surface area contributed by atoms with Crippen molar-refractivity contribution in [3.63, 3.8) is 0 Å². The third-order valence-corrected chi connectivity index (χ3v) is 8.32. The number of piperazine rings is 1. The summed E-state index contributed by atoms with van der Waals surface area (Å²) in [7, 11) is 0. The number of amides is 2. The molecule has 0 atom stereocenters. The topological polar surface area (TPSA) is 118 Å². The van der Waals surface area contributed by atoms with E-state index in [1.165, 1.54) is 24.4 Å². The Bertz CT molecular complexity index is 2050. The minimum absolute atomic E-state index is 0.00747. The molecule has 3 aromatic carbocycles. The monoisotopic (exact) mass is 720 g/mol. The van der Waals surface area contributed by atoms with Gasteiger partial charge in [0.15, 0.2) is 17.3 Å². The fourth-order valence-electron chi connectivity index (χ4n) is 5.66. The van der Waals surface area contributed by atoms with Crippen LogP contribution in [-0.4, -0.2) is 74.1 Å².